The highest BCUT2D eigenvalue weighted by Gasteiger charge is 2.26. The molecule has 0 unspecified atom stereocenters. The minimum absolute atomic E-state index is 0.158. The highest BCUT2D eigenvalue weighted by atomic mass is 32.1. The Kier molecular flexibility index (Phi) is 6.31. The van der Waals surface area contributed by atoms with Crippen LogP contribution in [0.15, 0.2) is 0 Å². The second-order valence-electron chi connectivity index (χ2n) is 5.20. The van der Waals surface area contributed by atoms with Gasteiger partial charge in [-0.15, -0.1) is 11.3 Å². The second-order valence-corrected chi connectivity index (χ2v) is 6.63. The van der Waals surface area contributed by atoms with Crippen LogP contribution in [0.4, 0.5) is 5.00 Å². The van der Waals surface area contributed by atoms with E-state index < -0.39 is 5.97 Å². The normalized spacial score (nSPS) is 10.3. The predicted octanol–water partition coefficient (Wildman–Crippen LogP) is 2.24. The fourth-order valence-corrected chi connectivity index (χ4v) is 3.38. The van der Waals surface area contributed by atoms with Gasteiger partial charge in [-0.1, -0.05) is 0 Å². The molecule has 1 heterocycles. The highest BCUT2D eigenvalue weighted by molar-refractivity contribution is 7.80. The lowest BCUT2D eigenvalue weighted by atomic mass is 10.1. The van der Waals surface area contributed by atoms with Crippen LogP contribution in [-0.4, -0.2) is 49.1 Å². The number of carbonyl (C=O) groups excluding carboxylic acids is 2. The van der Waals surface area contributed by atoms with Crippen LogP contribution in [0.3, 0.4) is 0 Å². The molecule has 0 aliphatic carbocycles. The molecule has 22 heavy (non-hydrogen) atoms. The summed E-state index contributed by atoms with van der Waals surface area (Å²) in [4.78, 5) is 26.2. The van der Waals surface area contributed by atoms with Crippen LogP contribution in [-0.2, 0) is 4.74 Å². The Morgan fingerprint density at radius 2 is 1.91 bits per heavy atom. The SMILES string of the molecule is COC(=O)c1c(NC(=S)NC(C)C)sc(C(=O)N(C)C)c1C. The largest absolute Gasteiger partial charge is 0.465 e. The Morgan fingerprint density at radius 3 is 2.36 bits per heavy atom. The summed E-state index contributed by atoms with van der Waals surface area (Å²) in [6.45, 7) is 5.63. The van der Waals surface area contributed by atoms with Gasteiger partial charge in [-0.3, -0.25) is 4.79 Å². The van der Waals surface area contributed by atoms with Crippen LogP contribution < -0.4 is 10.6 Å². The lowest BCUT2D eigenvalue weighted by Crippen LogP contribution is -2.34. The Bertz CT molecular complexity index is 594. The number of carbonyl (C=O) groups is 2. The first-order valence-electron chi connectivity index (χ1n) is 6.69. The zero-order chi connectivity index (χ0) is 17.0. The number of methoxy groups -OCH3 is 1. The first kappa shape index (κ1) is 18.4. The van der Waals surface area contributed by atoms with Crippen LogP contribution in [0.5, 0.6) is 0 Å². The smallest absolute Gasteiger partial charge is 0.341 e. The number of ether oxygens (including phenoxy) is 1. The lowest BCUT2D eigenvalue weighted by molar-refractivity contribution is 0.0601. The molecule has 0 radical (unpaired) electrons. The molecular weight excluding hydrogens is 322 g/mol. The van der Waals surface area contributed by atoms with Gasteiger partial charge >= 0.3 is 5.97 Å². The summed E-state index contributed by atoms with van der Waals surface area (Å²) in [5, 5.41) is 6.92. The van der Waals surface area contributed by atoms with E-state index in [-0.39, 0.29) is 11.9 Å². The molecule has 1 amide bonds. The Hall–Kier alpha value is -1.67. The topological polar surface area (TPSA) is 70.7 Å². The Labute approximate surface area is 139 Å². The van der Waals surface area contributed by atoms with Crippen molar-refractivity contribution in [2.75, 3.05) is 26.5 Å². The molecule has 0 bridgehead atoms. The van der Waals surface area contributed by atoms with E-state index in [1.54, 1.807) is 21.0 Å². The maximum absolute atomic E-state index is 12.2. The van der Waals surface area contributed by atoms with Crippen molar-refractivity contribution in [2.24, 2.45) is 0 Å². The van der Waals surface area contributed by atoms with E-state index in [1.165, 1.54) is 23.3 Å². The summed E-state index contributed by atoms with van der Waals surface area (Å²) < 4.78 is 4.81. The third-order valence-electron chi connectivity index (χ3n) is 2.78. The van der Waals surface area contributed by atoms with E-state index in [9.17, 15) is 9.59 Å². The first-order valence-corrected chi connectivity index (χ1v) is 7.92. The number of nitrogens with zero attached hydrogens (tertiary/aromatic N) is 1. The van der Waals surface area contributed by atoms with Gasteiger partial charge in [0.15, 0.2) is 5.11 Å². The maximum Gasteiger partial charge on any atom is 0.341 e. The van der Waals surface area contributed by atoms with E-state index >= 15 is 0 Å². The van der Waals surface area contributed by atoms with Crippen molar-refractivity contribution in [3.63, 3.8) is 0 Å². The van der Waals surface area contributed by atoms with Crippen LogP contribution in [0.25, 0.3) is 0 Å². The Balaban J connectivity index is 3.25. The Morgan fingerprint density at radius 1 is 1.32 bits per heavy atom. The quantitative estimate of drug-likeness (QED) is 0.645. The molecule has 0 aliphatic rings. The minimum atomic E-state index is -0.499. The number of thiocarbonyl (C=S) groups is 1. The predicted molar refractivity (Wildman–Crippen MR) is 92.9 cm³/mol. The van der Waals surface area contributed by atoms with Crippen LogP contribution in [0, 0.1) is 6.92 Å². The van der Waals surface area contributed by atoms with Crippen molar-refractivity contribution in [1.82, 2.24) is 10.2 Å². The summed E-state index contributed by atoms with van der Waals surface area (Å²) in [7, 11) is 4.63. The van der Waals surface area contributed by atoms with Gasteiger partial charge < -0.3 is 20.3 Å². The molecule has 0 atom stereocenters. The van der Waals surface area contributed by atoms with Crippen molar-refractivity contribution in [2.45, 2.75) is 26.8 Å². The minimum Gasteiger partial charge on any atom is -0.465 e. The summed E-state index contributed by atoms with van der Waals surface area (Å²) in [5.74, 6) is -0.662. The van der Waals surface area contributed by atoms with E-state index in [4.69, 9.17) is 17.0 Å². The molecule has 0 fully saturated rings. The average Bonchev–Trinajstić information content (AvgIpc) is 2.72. The summed E-state index contributed by atoms with van der Waals surface area (Å²) in [5.41, 5.74) is 0.927. The first-order chi connectivity index (χ1) is 10.2. The number of amides is 1. The van der Waals surface area contributed by atoms with Gasteiger partial charge in [0.05, 0.1) is 17.6 Å². The van der Waals surface area contributed by atoms with Crippen molar-refractivity contribution in [3.05, 3.63) is 16.0 Å². The second kappa shape index (κ2) is 7.55. The third kappa shape index (κ3) is 4.17. The van der Waals surface area contributed by atoms with Crippen LogP contribution in [0.2, 0.25) is 0 Å². The van der Waals surface area contributed by atoms with Crippen molar-refractivity contribution in [1.29, 1.82) is 0 Å². The number of hydrogen-bond donors (Lipinski definition) is 2. The van der Waals surface area contributed by atoms with E-state index in [2.05, 4.69) is 10.6 Å². The fourth-order valence-electron chi connectivity index (χ4n) is 1.76. The van der Waals surface area contributed by atoms with Gasteiger partial charge in [0.1, 0.15) is 5.00 Å². The molecule has 8 heteroatoms. The standard InChI is InChI=1S/C14H21N3O3S2/c1-7(2)15-14(21)16-11-9(13(19)20-6)8(3)10(22-11)12(18)17(4)5/h7H,1-6H3,(H2,15,16,21). The molecule has 0 aliphatic heterocycles. The number of anilines is 1. The van der Waals surface area contributed by atoms with E-state index in [0.29, 0.717) is 26.1 Å². The number of rotatable bonds is 4. The fraction of sp³-hybridized carbons (Fsp3) is 0.500. The lowest BCUT2D eigenvalue weighted by Gasteiger charge is -2.12. The van der Waals surface area contributed by atoms with Crippen LogP contribution >= 0.6 is 23.6 Å². The molecule has 0 spiro atoms. The summed E-state index contributed by atoms with van der Waals surface area (Å²) >= 11 is 6.39. The molecule has 1 rings (SSSR count). The van der Waals surface area contributed by atoms with Gasteiger partial charge in [-0.2, -0.15) is 0 Å². The van der Waals surface area contributed by atoms with Gasteiger partial charge in [0, 0.05) is 20.1 Å². The average molecular weight is 343 g/mol. The van der Waals surface area contributed by atoms with Crippen molar-refractivity contribution in [3.8, 4) is 0 Å². The third-order valence-corrected chi connectivity index (χ3v) is 4.20. The number of hydrogen-bond acceptors (Lipinski definition) is 5. The number of nitrogens with one attached hydrogen (secondary N) is 2. The van der Waals surface area contributed by atoms with E-state index in [1.807, 2.05) is 13.8 Å². The summed E-state index contributed by atoms with van der Waals surface area (Å²) in [6, 6.07) is 0.158. The maximum atomic E-state index is 12.2. The molecule has 0 saturated carbocycles. The molecule has 1 aromatic heterocycles. The van der Waals surface area contributed by atoms with Gasteiger partial charge in [0.2, 0.25) is 0 Å². The molecule has 0 aromatic carbocycles. The van der Waals surface area contributed by atoms with Crippen molar-refractivity contribution < 1.29 is 14.3 Å². The molecule has 122 valence electrons. The molecule has 2 N–H and O–H groups in total. The molecule has 1 aromatic rings. The van der Waals surface area contributed by atoms with Crippen molar-refractivity contribution >= 4 is 45.5 Å². The zero-order valence-electron chi connectivity index (χ0n) is 13.6. The molecule has 6 nitrogen and oxygen atoms in total. The van der Waals surface area contributed by atoms with Gasteiger partial charge in [-0.25, -0.2) is 4.79 Å². The van der Waals surface area contributed by atoms with Gasteiger partial charge in [-0.05, 0) is 38.6 Å². The molecular formula is C14H21N3O3S2. The van der Waals surface area contributed by atoms with E-state index in [0.717, 1.165) is 0 Å². The monoisotopic (exact) mass is 343 g/mol. The zero-order valence-corrected chi connectivity index (χ0v) is 15.2. The number of thiophene rings is 1. The van der Waals surface area contributed by atoms with Crippen LogP contribution in [0.1, 0.15) is 39.4 Å². The number of esters is 1. The highest BCUT2D eigenvalue weighted by Crippen LogP contribution is 2.34. The van der Waals surface area contributed by atoms with Gasteiger partial charge in [0.25, 0.3) is 5.91 Å². The summed E-state index contributed by atoms with van der Waals surface area (Å²) in [6.07, 6.45) is 0. The molecule has 0 saturated heterocycles.